The van der Waals surface area contributed by atoms with E-state index in [2.05, 4.69) is 0 Å². The summed E-state index contributed by atoms with van der Waals surface area (Å²) in [6, 6.07) is 12.1. The molecule has 1 atom stereocenters. The fourth-order valence-corrected chi connectivity index (χ4v) is 1.97. The zero-order valence-corrected chi connectivity index (χ0v) is 11.1. The normalized spacial score (nSPS) is 12.2. The first-order valence-corrected chi connectivity index (χ1v) is 6.35. The highest BCUT2D eigenvalue weighted by Gasteiger charge is 2.15. The van der Waals surface area contributed by atoms with Crippen LogP contribution in [0, 0.1) is 5.82 Å². The van der Waals surface area contributed by atoms with E-state index in [4.69, 9.17) is 4.74 Å². The zero-order chi connectivity index (χ0) is 13.8. The molecule has 100 valence electrons. The Morgan fingerprint density at radius 2 is 1.89 bits per heavy atom. The van der Waals surface area contributed by atoms with Crippen LogP contribution in [0.5, 0.6) is 11.5 Å². The van der Waals surface area contributed by atoms with Gasteiger partial charge in [-0.3, -0.25) is 0 Å². The van der Waals surface area contributed by atoms with E-state index in [0.29, 0.717) is 11.3 Å². The number of aliphatic hydroxyl groups is 1. The minimum absolute atomic E-state index is 0.0957. The molecule has 3 heteroatoms. The van der Waals surface area contributed by atoms with E-state index in [9.17, 15) is 9.50 Å². The van der Waals surface area contributed by atoms with Crippen molar-refractivity contribution < 1.29 is 14.2 Å². The first-order valence-electron chi connectivity index (χ1n) is 6.35. The lowest BCUT2D eigenvalue weighted by Crippen LogP contribution is -2.00. The molecule has 2 aromatic carbocycles. The van der Waals surface area contributed by atoms with Gasteiger partial charge in [0.2, 0.25) is 0 Å². The summed E-state index contributed by atoms with van der Waals surface area (Å²) in [6.07, 6.45) is 0.0220. The van der Waals surface area contributed by atoms with E-state index in [1.54, 1.807) is 25.1 Å². The van der Waals surface area contributed by atoms with E-state index in [-0.39, 0.29) is 5.75 Å². The third-order valence-corrected chi connectivity index (χ3v) is 3.01. The topological polar surface area (TPSA) is 29.5 Å². The summed E-state index contributed by atoms with van der Waals surface area (Å²) in [5.41, 5.74) is 1.45. The Kier molecular flexibility index (Phi) is 4.17. The van der Waals surface area contributed by atoms with Crippen LogP contribution in [0.15, 0.2) is 42.5 Å². The van der Waals surface area contributed by atoms with Crippen LogP contribution in [-0.4, -0.2) is 5.11 Å². The fraction of sp³-hybridized carbons (Fsp3) is 0.250. The number of aliphatic hydroxyl groups excluding tert-OH is 1. The average molecular weight is 260 g/mol. The Morgan fingerprint density at radius 3 is 2.58 bits per heavy atom. The van der Waals surface area contributed by atoms with E-state index < -0.39 is 11.9 Å². The molecule has 1 N–H and O–H groups in total. The second kappa shape index (κ2) is 5.85. The highest BCUT2D eigenvalue weighted by atomic mass is 19.1. The summed E-state index contributed by atoms with van der Waals surface area (Å²) in [4.78, 5) is 0. The molecule has 0 aliphatic carbocycles. The zero-order valence-electron chi connectivity index (χ0n) is 11.1. The van der Waals surface area contributed by atoms with Crippen molar-refractivity contribution in [1.29, 1.82) is 0 Å². The standard InChI is InChI=1S/C16H17FO2/c1-3-12-7-4-5-10-15(12)19-16-13(11(2)18)8-6-9-14(16)17/h4-11,18H,3H2,1-2H3/t11-/m1/s1. The number of hydrogen-bond acceptors (Lipinski definition) is 2. The number of para-hydroxylation sites is 2. The van der Waals surface area contributed by atoms with Gasteiger partial charge in [0.1, 0.15) is 5.75 Å². The number of aryl methyl sites for hydroxylation is 1. The molecule has 0 unspecified atom stereocenters. The van der Waals surface area contributed by atoms with Crippen LogP contribution < -0.4 is 4.74 Å². The predicted octanol–water partition coefficient (Wildman–Crippen LogP) is 4.23. The highest BCUT2D eigenvalue weighted by Crippen LogP contribution is 2.33. The second-order valence-electron chi connectivity index (χ2n) is 4.40. The van der Waals surface area contributed by atoms with Gasteiger partial charge in [-0.25, -0.2) is 4.39 Å². The van der Waals surface area contributed by atoms with Crippen LogP contribution in [0.25, 0.3) is 0 Å². The van der Waals surface area contributed by atoms with Crippen molar-refractivity contribution in [3.8, 4) is 11.5 Å². The first-order chi connectivity index (χ1) is 9.13. The van der Waals surface area contributed by atoms with Crippen LogP contribution in [-0.2, 0) is 6.42 Å². The quantitative estimate of drug-likeness (QED) is 0.891. The lowest BCUT2D eigenvalue weighted by atomic mass is 10.1. The van der Waals surface area contributed by atoms with Crippen LogP contribution in [0.1, 0.15) is 31.1 Å². The molecule has 0 amide bonds. The summed E-state index contributed by atoms with van der Waals surface area (Å²) >= 11 is 0. The van der Waals surface area contributed by atoms with Crippen molar-refractivity contribution in [2.45, 2.75) is 26.4 Å². The summed E-state index contributed by atoms with van der Waals surface area (Å²) < 4.78 is 19.6. The van der Waals surface area contributed by atoms with Crippen molar-refractivity contribution in [3.63, 3.8) is 0 Å². The molecule has 0 aliphatic rings. The number of benzene rings is 2. The van der Waals surface area contributed by atoms with Crippen molar-refractivity contribution >= 4 is 0 Å². The lowest BCUT2D eigenvalue weighted by Gasteiger charge is -2.15. The Labute approximate surface area is 112 Å². The predicted molar refractivity (Wildman–Crippen MR) is 72.9 cm³/mol. The van der Waals surface area contributed by atoms with Gasteiger partial charge in [-0.05, 0) is 31.0 Å². The van der Waals surface area contributed by atoms with Crippen LogP contribution in [0.2, 0.25) is 0 Å². The fourth-order valence-electron chi connectivity index (χ4n) is 1.97. The molecule has 0 saturated carbocycles. The van der Waals surface area contributed by atoms with Crippen molar-refractivity contribution in [2.24, 2.45) is 0 Å². The molecule has 0 aromatic heterocycles. The molecule has 2 rings (SSSR count). The average Bonchev–Trinajstić information content (AvgIpc) is 2.41. The minimum Gasteiger partial charge on any atom is -0.454 e. The summed E-state index contributed by atoms with van der Waals surface area (Å²) in [6.45, 7) is 3.60. The third kappa shape index (κ3) is 2.93. The molecule has 0 aliphatic heterocycles. The Balaban J connectivity index is 2.43. The Morgan fingerprint density at radius 1 is 1.16 bits per heavy atom. The van der Waals surface area contributed by atoms with Crippen LogP contribution in [0.4, 0.5) is 4.39 Å². The van der Waals surface area contributed by atoms with Crippen molar-refractivity contribution in [2.75, 3.05) is 0 Å². The monoisotopic (exact) mass is 260 g/mol. The van der Waals surface area contributed by atoms with Gasteiger partial charge in [-0.1, -0.05) is 37.3 Å². The van der Waals surface area contributed by atoms with Gasteiger partial charge in [0.15, 0.2) is 11.6 Å². The molecule has 0 fully saturated rings. The van der Waals surface area contributed by atoms with Gasteiger partial charge in [0, 0.05) is 5.56 Å². The van der Waals surface area contributed by atoms with Gasteiger partial charge >= 0.3 is 0 Å². The molecule has 0 saturated heterocycles. The van der Waals surface area contributed by atoms with Gasteiger partial charge in [-0.15, -0.1) is 0 Å². The van der Waals surface area contributed by atoms with Crippen molar-refractivity contribution in [1.82, 2.24) is 0 Å². The summed E-state index contributed by atoms with van der Waals surface area (Å²) in [5, 5.41) is 9.69. The smallest absolute Gasteiger partial charge is 0.168 e. The summed E-state index contributed by atoms with van der Waals surface area (Å²) in [7, 11) is 0. The first kappa shape index (κ1) is 13.6. The third-order valence-electron chi connectivity index (χ3n) is 3.01. The van der Waals surface area contributed by atoms with E-state index >= 15 is 0 Å². The van der Waals surface area contributed by atoms with E-state index in [1.807, 2.05) is 25.1 Å². The number of hydrogen-bond donors (Lipinski definition) is 1. The lowest BCUT2D eigenvalue weighted by molar-refractivity contribution is 0.194. The number of rotatable bonds is 4. The molecule has 0 spiro atoms. The minimum atomic E-state index is -0.778. The largest absolute Gasteiger partial charge is 0.454 e. The Hall–Kier alpha value is -1.87. The maximum absolute atomic E-state index is 13.9. The second-order valence-corrected chi connectivity index (χ2v) is 4.40. The molecular weight excluding hydrogens is 243 g/mol. The maximum Gasteiger partial charge on any atom is 0.168 e. The molecule has 2 nitrogen and oxygen atoms in total. The van der Waals surface area contributed by atoms with E-state index in [0.717, 1.165) is 12.0 Å². The Bertz CT molecular complexity index is 564. The van der Waals surface area contributed by atoms with Crippen molar-refractivity contribution in [3.05, 3.63) is 59.4 Å². The molecule has 0 bridgehead atoms. The van der Waals surface area contributed by atoms with E-state index in [1.165, 1.54) is 6.07 Å². The summed E-state index contributed by atoms with van der Waals surface area (Å²) in [5.74, 6) is 0.250. The molecule has 2 aromatic rings. The molecule has 0 heterocycles. The van der Waals surface area contributed by atoms with Gasteiger partial charge in [0.05, 0.1) is 6.10 Å². The van der Waals surface area contributed by atoms with Gasteiger partial charge in [0.25, 0.3) is 0 Å². The van der Waals surface area contributed by atoms with Gasteiger partial charge < -0.3 is 9.84 Å². The SMILES string of the molecule is CCc1ccccc1Oc1c(F)cccc1[C@@H](C)O. The molecule has 19 heavy (non-hydrogen) atoms. The van der Waals surface area contributed by atoms with Crippen LogP contribution >= 0.6 is 0 Å². The number of halogens is 1. The molecule has 0 radical (unpaired) electrons. The number of ether oxygens (including phenoxy) is 1. The van der Waals surface area contributed by atoms with Gasteiger partial charge in [-0.2, -0.15) is 0 Å². The van der Waals surface area contributed by atoms with Crippen LogP contribution in [0.3, 0.4) is 0 Å². The maximum atomic E-state index is 13.9. The molecular formula is C16H17FO2. The highest BCUT2D eigenvalue weighted by molar-refractivity contribution is 5.43.